The molecule has 0 unspecified atom stereocenters. The van der Waals surface area contributed by atoms with Crippen LogP contribution in [-0.4, -0.2) is 17.4 Å². The number of nitrogens with one attached hydrogen (secondary N) is 1. The normalized spacial score (nSPS) is 10.1. The van der Waals surface area contributed by atoms with Crippen molar-refractivity contribution in [2.24, 2.45) is 0 Å². The van der Waals surface area contributed by atoms with E-state index in [0.717, 1.165) is 19.0 Å². The number of rotatable bonds is 4. The summed E-state index contributed by atoms with van der Waals surface area (Å²) in [5, 5.41) is 2.71. The van der Waals surface area contributed by atoms with Crippen molar-refractivity contribution in [1.29, 1.82) is 0 Å². The highest BCUT2D eigenvalue weighted by Crippen LogP contribution is 2.15. The first kappa shape index (κ1) is 12.1. The molecule has 0 saturated heterocycles. The summed E-state index contributed by atoms with van der Waals surface area (Å²) in [6, 6.07) is 1.22. The number of aromatic nitrogens is 1. The summed E-state index contributed by atoms with van der Waals surface area (Å²) in [5.74, 6) is -0.748. The van der Waals surface area contributed by atoms with Crippen LogP contribution >= 0.6 is 15.9 Å². The fourth-order valence-corrected chi connectivity index (χ4v) is 1.55. The van der Waals surface area contributed by atoms with Gasteiger partial charge in [0.15, 0.2) is 0 Å². The van der Waals surface area contributed by atoms with Crippen molar-refractivity contribution < 1.29 is 9.18 Å². The number of carbonyl (C=O) groups is 1. The third-order valence-corrected chi connectivity index (χ3v) is 2.44. The molecule has 5 heteroatoms. The van der Waals surface area contributed by atoms with Crippen molar-refractivity contribution >= 4 is 21.8 Å². The van der Waals surface area contributed by atoms with E-state index in [9.17, 15) is 9.18 Å². The number of halogens is 2. The largest absolute Gasteiger partial charge is 0.351 e. The molecular weight excluding hydrogens is 263 g/mol. The molecule has 0 spiro atoms. The highest BCUT2D eigenvalue weighted by Gasteiger charge is 2.11. The molecule has 0 bridgehead atoms. The maximum absolute atomic E-state index is 12.7. The lowest BCUT2D eigenvalue weighted by Gasteiger charge is -2.04. The second-order valence-corrected chi connectivity index (χ2v) is 3.95. The van der Waals surface area contributed by atoms with E-state index in [0.29, 0.717) is 11.0 Å². The number of hydrogen-bond donors (Lipinski definition) is 1. The predicted octanol–water partition coefficient (Wildman–Crippen LogP) is 2.51. The van der Waals surface area contributed by atoms with Crippen LogP contribution < -0.4 is 5.32 Å². The standard InChI is InChI=1S/C10H12BrFN2O/c1-2-3-4-13-10(15)9-8(11)5-7(12)6-14-9/h5-6H,2-4H2,1H3,(H,13,15). The van der Waals surface area contributed by atoms with Crippen molar-refractivity contribution in [3.05, 3.63) is 28.2 Å². The maximum Gasteiger partial charge on any atom is 0.271 e. The summed E-state index contributed by atoms with van der Waals surface area (Å²) >= 11 is 3.09. The van der Waals surface area contributed by atoms with Crippen LogP contribution in [0, 0.1) is 5.82 Å². The summed E-state index contributed by atoms with van der Waals surface area (Å²) in [4.78, 5) is 15.2. The highest BCUT2D eigenvalue weighted by atomic mass is 79.9. The van der Waals surface area contributed by atoms with Gasteiger partial charge in [-0.25, -0.2) is 9.37 Å². The zero-order chi connectivity index (χ0) is 11.3. The number of amides is 1. The molecule has 1 N–H and O–H groups in total. The molecule has 0 aliphatic carbocycles. The van der Waals surface area contributed by atoms with Gasteiger partial charge in [-0.1, -0.05) is 13.3 Å². The van der Waals surface area contributed by atoms with Gasteiger partial charge < -0.3 is 5.32 Å². The van der Waals surface area contributed by atoms with Crippen molar-refractivity contribution in [3.8, 4) is 0 Å². The molecule has 15 heavy (non-hydrogen) atoms. The summed E-state index contributed by atoms with van der Waals surface area (Å²) in [7, 11) is 0. The van der Waals surface area contributed by atoms with Crippen LogP contribution in [0.3, 0.4) is 0 Å². The van der Waals surface area contributed by atoms with E-state index in [1.807, 2.05) is 6.92 Å². The van der Waals surface area contributed by atoms with Crippen molar-refractivity contribution in [2.75, 3.05) is 6.54 Å². The van der Waals surface area contributed by atoms with Gasteiger partial charge in [0.2, 0.25) is 0 Å². The Morgan fingerprint density at radius 2 is 2.40 bits per heavy atom. The Morgan fingerprint density at radius 3 is 3.00 bits per heavy atom. The lowest BCUT2D eigenvalue weighted by Crippen LogP contribution is -2.25. The molecule has 0 aromatic carbocycles. The Labute approximate surface area is 96.2 Å². The molecule has 1 amide bonds. The minimum Gasteiger partial charge on any atom is -0.351 e. The van der Waals surface area contributed by atoms with Gasteiger partial charge in [0.25, 0.3) is 5.91 Å². The van der Waals surface area contributed by atoms with Gasteiger partial charge in [0.1, 0.15) is 11.5 Å². The Morgan fingerprint density at radius 1 is 1.67 bits per heavy atom. The Balaban J connectivity index is 2.65. The SMILES string of the molecule is CCCCNC(=O)c1ncc(F)cc1Br. The first-order valence-corrected chi connectivity index (χ1v) is 5.53. The van der Waals surface area contributed by atoms with Crippen molar-refractivity contribution in [3.63, 3.8) is 0 Å². The van der Waals surface area contributed by atoms with Gasteiger partial charge in [-0.05, 0) is 28.4 Å². The smallest absolute Gasteiger partial charge is 0.271 e. The molecular formula is C10H12BrFN2O. The summed E-state index contributed by atoms with van der Waals surface area (Å²) in [5.41, 5.74) is 0.215. The molecule has 1 aromatic heterocycles. The topological polar surface area (TPSA) is 42.0 Å². The van der Waals surface area contributed by atoms with Crippen molar-refractivity contribution in [2.45, 2.75) is 19.8 Å². The molecule has 1 aromatic rings. The second-order valence-electron chi connectivity index (χ2n) is 3.09. The van der Waals surface area contributed by atoms with Gasteiger partial charge in [0, 0.05) is 6.54 Å². The van der Waals surface area contributed by atoms with E-state index in [-0.39, 0.29) is 11.6 Å². The quantitative estimate of drug-likeness (QED) is 0.858. The maximum atomic E-state index is 12.7. The number of carbonyl (C=O) groups excluding carboxylic acids is 1. The van der Waals surface area contributed by atoms with Crippen LogP contribution in [0.15, 0.2) is 16.7 Å². The van der Waals surface area contributed by atoms with Crippen LogP contribution in [-0.2, 0) is 0 Å². The monoisotopic (exact) mass is 274 g/mol. The minimum absolute atomic E-state index is 0.215. The molecule has 0 aliphatic heterocycles. The van der Waals surface area contributed by atoms with Crippen molar-refractivity contribution in [1.82, 2.24) is 10.3 Å². The average Bonchev–Trinajstić information content (AvgIpc) is 2.17. The predicted molar refractivity (Wildman–Crippen MR) is 59.1 cm³/mol. The molecule has 0 aliphatic rings. The second kappa shape index (κ2) is 5.80. The van der Waals surface area contributed by atoms with E-state index in [4.69, 9.17) is 0 Å². The third-order valence-electron chi connectivity index (χ3n) is 1.84. The van der Waals surface area contributed by atoms with E-state index < -0.39 is 5.82 Å². The molecule has 0 fully saturated rings. The number of unbranched alkanes of at least 4 members (excludes halogenated alkanes) is 1. The summed E-state index contributed by atoms with van der Waals surface area (Å²) < 4.78 is 13.1. The lowest BCUT2D eigenvalue weighted by atomic mass is 10.3. The molecule has 1 heterocycles. The molecule has 0 saturated carbocycles. The van der Waals surface area contributed by atoms with Crippen LogP contribution in [0.4, 0.5) is 4.39 Å². The Kier molecular flexibility index (Phi) is 4.68. The minimum atomic E-state index is -0.466. The highest BCUT2D eigenvalue weighted by molar-refractivity contribution is 9.10. The molecule has 3 nitrogen and oxygen atoms in total. The molecule has 82 valence electrons. The zero-order valence-electron chi connectivity index (χ0n) is 8.39. The van der Waals surface area contributed by atoms with Gasteiger partial charge in [0.05, 0.1) is 10.7 Å². The van der Waals surface area contributed by atoms with E-state index in [2.05, 4.69) is 26.2 Å². The van der Waals surface area contributed by atoms with Crippen LogP contribution in [0.2, 0.25) is 0 Å². The van der Waals surface area contributed by atoms with Gasteiger partial charge in [-0.3, -0.25) is 4.79 Å². The van der Waals surface area contributed by atoms with Gasteiger partial charge in [-0.15, -0.1) is 0 Å². The van der Waals surface area contributed by atoms with Gasteiger partial charge >= 0.3 is 0 Å². The fourth-order valence-electron chi connectivity index (χ4n) is 1.04. The van der Waals surface area contributed by atoms with Crippen LogP contribution in [0.5, 0.6) is 0 Å². The number of hydrogen-bond acceptors (Lipinski definition) is 2. The third kappa shape index (κ3) is 3.58. The molecule has 0 radical (unpaired) electrons. The van der Waals surface area contributed by atoms with Gasteiger partial charge in [-0.2, -0.15) is 0 Å². The van der Waals surface area contributed by atoms with E-state index >= 15 is 0 Å². The Bertz CT molecular complexity index is 357. The zero-order valence-corrected chi connectivity index (χ0v) is 9.97. The first-order chi connectivity index (χ1) is 7.15. The summed E-state index contributed by atoms with van der Waals surface area (Å²) in [6.07, 6.45) is 2.96. The Hall–Kier alpha value is -0.970. The lowest BCUT2D eigenvalue weighted by molar-refractivity contribution is 0.0947. The van der Waals surface area contributed by atoms with E-state index in [1.165, 1.54) is 6.07 Å². The average molecular weight is 275 g/mol. The number of nitrogens with zero attached hydrogens (tertiary/aromatic N) is 1. The van der Waals surface area contributed by atoms with Crippen LogP contribution in [0.1, 0.15) is 30.3 Å². The summed E-state index contributed by atoms with van der Waals surface area (Å²) in [6.45, 7) is 2.65. The molecule has 1 rings (SSSR count). The first-order valence-electron chi connectivity index (χ1n) is 4.74. The number of pyridine rings is 1. The molecule has 0 atom stereocenters. The van der Waals surface area contributed by atoms with E-state index in [1.54, 1.807) is 0 Å². The van der Waals surface area contributed by atoms with Crippen LogP contribution in [0.25, 0.3) is 0 Å². The fraction of sp³-hybridized carbons (Fsp3) is 0.400.